The number of fused-ring (bicyclic) bond motifs is 1. The Hall–Kier alpha value is -3.21. The average Bonchev–Trinajstić information content (AvgIpc) is 2.99. The number of para-hydroxylation sites is 1. The predicted octanol–water partition coefficient (Wildman–Crippen LogP) is 5.01. The van der Waals surface area contributed by atoms with E-state index in [0.29, 0.717) is 5.56 Å². The molecule has 5 heteroatoms. The number of nitrogens with zero attached hydrogens (tertiary/aromatic N) is 1. The fourth-order valence-corrected chi connectivity index (χ4v) is 4.53. The zero-order chi connectivity index (χ0) is 22.9. The van der Waals surface area contributed by atoms with Crippen LogP contribution < -0.4 is 0 Å². The quantitative estimate of drug-likeness (QED) is 0.366. The SMILES string of the molecule is CCCC[N+]1=C(C=CC2C(=O)OC(C)(c3ccccc3)OC2=O)C(C)(C)c2ccccc21. The Morgan fingerprint density at radius 3 is 2.22 bits per heavy atom. The van der Waals surface area contributed by atoms with Crippen molar-refractivity contribution < 1.29 is 23.6 Å². The summed E-state index contributed by atoms with van der Waals surface area (Å²) in [5, 5.41) is 0. The lowest BCUT2D eigenvalue weighted by Gasteiger charge is -2.35. The van der Waals surface area contributed by atoms with Gasteiger partial charge >= 0.3 is 11.9 Å². The largest absolute Gasteiger partial charge is 0.417 e. The molecule has 0 bridgehead atoms. The van der Waals surface area contributed by atoms with Crippen LogP contribution in [0.1, 0.15) is 51.7 Å². The van der Waals surface area contributed by atoms with Crippen LogP contribution in [-0.2, 0) is 30.3 Å². The molecule has 32 heavy (non-hydrogen) atoms. The summed E-state index contributed by atoms with van der Waals surface area (Å²) in [5.74, 6) is -3.70. The van der Waals surface area contributed by atoms with Gasteiger partial charge in [0.15, 0.2) is 11.6 Å². The lowest BCUT2D eigenvalue weighted by molar-refractivity contribution is -0.438. The molecule has 2 aliphatic rings. The molecule has 0 N–H and O–H groups in total. The first-order chi connectivity index (χ1) is 15.3. The number of allylic oxidation sites excluding steroid dienone is 1. The van der Waals surface area contributed by atoms with E-state index in [9.17, 15) is 9.59 Å². The number of hydrogen-bond donors (Lipinski definition) is 0. The van der Waals surface area contributed by atoms with Crippen LogP contribution in [-0.4, -0.2) is 28.8 Å². The van der Waals surface area contributed by atoms with E-state index in [-0.39, 0.29) is 5.41 Å². The van der Waals surface area contributed by atoms with Gasteiger partial charge in [0.25, 0.3) is 5.79 Å². The molecule has 0 aromatic heterocycles. The van der Waals surface area contributed by atoms with Gasteiger partial charge in [-0.25, -0.2) is 0 Å². The predicted molar refractivity (Wildman–Crippen MR) is 123 cm³/mol. The highest BCUT2D eigenvalue weighted by atomic mass is 16.7. The molecule has 5 nitrogen and oxygen atoms in total. The van der Waals surface area contributed by atoms with Gasteiger partial charge in [-0.1, -0.05) is 68.0 Å². The molecule has 0 aliphatic carbocycles. The summed E-state index contributed by atoms with van der Waals surface area (Å²) in [6.45, 7) is 8.97. The van der Waals surface area contributed by atoms with Crippen LogP contribution in [0.15, 0.2) is 66.7 Å². The number of esters is 2. The molecule has 0 atom stereocenters. The third-order valence-electron chi connectivity index (χ3n) is 6.38. The van der Waals surface area contributed by atoms with Crippen molar-refractivity contribution >= 4 is 23.3 Å². The first-order valence-corrected chi connectivity index (χ1v) is 11.2. The van der Waals surface area contributed by atoms with Crippen molar-refractivity contribution in [3.8, 4) is 0 Å². The lowest BCUT2D eigenvalue weighted by Crippen LogP contribution is -2.45. The molecule has 166 valence electrons. The van der Waals surface area contributed by atoms with E-state index in [4.69, 9.17) is 9.47 Å². The number of benzene rings is 2. The fourth-order valence-electron chi connectivity index (χ4n) is 4.53. The third-order valence-corrected chi connectivity index (χ3v) is 6.38. The number of carbonyl (C=O) groups excluding carboxylic acids is 2. The Balaban J connectivity index is 1.63. The zero-order valence-corrected chi connectivity index (χ0v) is 19.1. The zero-order valence-electron chi connectivity index (χ0n) is 19.1. The molecule has 2 aromatic carbocycles. The van der Waals surface area contributed by atoms with Crippen molar-refractivity contribution in [1.29, 1.82) is 0 Å². The minimum absolute atomic E-state index is 0.248. The highest BCUT2D eigenvalue weighted by molar-refractivity contribution is 6.05. The number of unbranched alkanes of at least 4 members (excludes halogenated alkanes) is 1. The lowest BCUT2D eigenvalue weighted by atomic mass is 9.81. The molecular formula is C27H30NO4+. The molecule has 0 amide bonds. The van der Waals surface area contributed by atoms with Crippen LogP contribution in [0.4, 0.5) is 5.69 Å². The molecule has 2 aliphatic heterocycles. The maximum atomic E-state index is 12.8. The highest BCUT2D eigenvalue weighted by Gasteiger charge is 2.47. The van der Waals surface area contributed by atoms with Crippen molar-refractivity contribution in [2.24, 2.45) is 5.92 Å². The van der Waals surface area contributed by atoms with Crippen LogP contribution in [0, 0.1) is 5.92 Å². The second-order valence-electron chi connectivity index (χ2n) is 9.02. The third kappa shape index (κ3) is 3.77. The normalized spacial score (nSPS) is 24.4. The van der Waals surface area contributed by atoms with Crippen molar-refractivity contribution in [3.05, 3.63) is 77.9 Å². The molecule has 1 fully saturated rings. The van der Waals surface area contributed by atoms with Gasteiger partial charge in [-0.3, -0.25) is 9.59 Å². The maximum absolute atomic E-state index is 12.8. The van der Waals surface area contributed by atoms with E-state index in [1.807, 2.05) is 36.4 Å². The molecule has 2 aromatic rings. The minimum Gasteiger partial charge on any atom is -0.417 e. The van der Waals surface area contributed by atoms with Gasteiger partial charge in [0.05, 0.1) is 5.41 Å². The number of cyclic esters (lactones) is 2. The summed E-state index contributed by atoms with van der Waals surface area (Å²) in [6, 6.07) is 17.4. The topological polar surface area (TPSA) is 55.6 Å². The molecular weight excluding hydrogens is 402 g/mol. The van der Waals surface area contributed by atoms with E-state index < -0.39 is 23.6 Å². The van der Waals surface area contributed by atoms with Crippen LogP contribution in [0.2, 0.25) is 0 Å². The first kappa shape index (κ1) is 22.0. The average molecular weight is 433 g/mol. The summed E-state index contributed by atoms with van der Waals surface area (Å²) in [7, 11) is 0. The van der Waals surface area contributed by atoms with E-state index in [2.05, 4.69) is 37.5 Å². The van der Waals surface area contributed by atoms with Gasteiger partial charge in [0, 0.05) is 36.6 Å². The summed E-state index contributed by atoms with van der Waals surface area (Å²) >= 11 is 0. The van der Waals surface area contributed by atoms with E-state index in [0.717, 1.165) is 25.1 Å². The smallest absolute Gasteiger partial charge is 0.327 e. The van der Waals surface area contributed by atoms with Crippen LogP contribution in [0.5, 0.6) is 0 Å². The standard InChI is InChI=1S/C27H30NO4/c1-5-6-18-28-22-15-11-10-14-21(22)26(2,3)23(28)17-16-20-24(29)31-27(4,32-25(20)30)19-12-8-7-9-13-19/h7-17,20H,5-6,18H2,1-4H3/q+1. The molecule has 2 heterocycles. The van der Waals surface area contributed by atoms with Gasteiger partial charge in [0.1, 0.15) is 6.54 Å². The van der Waals surface area contributed by atoms with Gasteiger partial charge < -0.3 is 9.47 Å². The van der Waals surface area contributed by atoms with Gasteiger partial charge in [-0.2, -0.15) is 4.58 Å². The number of carbonyl (C=O) groups is 2. The van der Waals surface area contributed by atoms with Crippen LogP contribution >= 0.6 is 0 Å². The molecule has 0 spiro atoms. The molecule has 0 saturated carbocycles. The molecule has 4 rings (SSSR count). The van der Waals surface area contributed by atoms with Gasteiger partial charge in [-0.05, 0) is 13.8 Å². The number of ether oxygens (including phenoxy) is 2. The Labute approximate surface area is 189 Å². The van der Waals surface area contributed by atoms with E-state index in [1.165, 1.54) is 11.3 Å². The fraction of sp³-hybridized carbons (Fsp3) is 0.370. The van der Waals surface area contributed by atoms with Crippen molar-refractivity contribution in [3.63, 3.8) is 0 Å². The number of rotatable bonds is 6. The van der Waals surface area contributed by atoms with Crippen molar-refractivity contribution in [1.82, 2.24) is 0 Å². The Morgan fingerprint density at radius 1 is 0.938 bits per heavy atom. The van der Waals surface area contributed by atoms with Crippen LogP contribution in [0.25, 0.3) is 0 Å². The molecule has 0 radical (unpaired) electrons. The monoisotopic (exact) mass is 432 g/mol. The summed E-state index contributed by atoms with van der Waals surface area (Å²) in [6.07, 6.45) is 5.64. The summed E-state index contributed by atoms with van der Waals surface area (Å²) in [5.41, 5.74) is 3.85. The highest BCUT2D eigenvalue weighted by Crippen LogP contribution is 2.40. The number of hydrogen-bond acceptors (Lipinski definition) is 4. The summed E-state index contributed by atoms with van der Waals surface area (Å²) < 4.78 is 13.5. The Bertz CT molecular complexity index is 1080. The second kappa shape index (κ2) is 8.38. The van der Waals surface area contributed by atoms with Gasteiger partial charge in [0.2, 0.25) is 5.69 Å². The first-order valence-electron chi connectivity index (χ1n) is 11.2. The Kier molecular flexibility index (Phi) is 5.76. The van der Waals surface area contributed by atoms with Crippen molar-refractivity contribution in [2.75, 3.05) is 6.54 Å². The summed E-state index contributed by atoms with van der Waals surface area (Å²) in [4.78, 5) is 25.7. The minimum atomic E-state index is -1.41. The molecule has 0 unspecified atom stereocenters. The maximum Gasteiger partial charge on any atom is 0.327 e. The van der Waals surface area contributed by atoms with Gasteiger partial charge in [-0.15, -0.1) is 0 Å². The van der Waals surface area contributed by atoms with E-state index >= 15 is 0 Å². The van der Waals surface area contributed by atoms with E-state index in [1.54, 1.807) is 25.1 Å². The van der Waals surface area contributed by atoms with Crippen molar-refractivity contribution in [2.45, 2.75) is 51.7 Å². The van der Waals surface area contributed by atoms with Crippen LogP contribution in [0.3, 0.4) is 0 Å². The Morgan fingerprint density at radius 2 is 1.56 bits per heavy atom. The second-order valence-corrected chi connectivity index (χ2v) is 9.02. The molecule has 1 saturated heterocycles.